The van der Waals surface area contributed by atoms with E-state index >= 15 is 0 Å². The van der Waals surface area contributed by atoms with Crippen molar-refractivity contribution in [1.82, 2.24) is 14.7 Å². The van der Waals surface area contributed by atoms with Crippen molar-refractivity contribution in [2.45, 2.75) is 12.5 Å². The number of rotatable bonds is 3. The van der Waals surface area contributed by atoms with Gasteiger partial charge in [-0.3, -0.25) is 9.48 Å². The summed E-state index contributed by atoms with van der Waals surface area (Å²) in [5.74, 6) is 0.0244. The molecule has 1 unspecified atom stereocenters. The molecule has 5 nitrogen and oxygen atoms in total. The van der Waals surface area contributed by atoms with Gasteiger partial charge in [-0.1, -0.05) is 30.3 Å². The molecule has 0 bridgehead atoms. The number of carbonyl (C=O) groups is 1. The van der Waals surface area contributed by atoms with Crippen LogP contribution in [0.2, 0.25) is 0 Å². The molecule has 5 heteroatoms. The average molecular weight is 285 g/mol. The lowest BCUT2D eigenvalue weighted by atomic mass is 10.1. The van der Waals surface area contributed by atoms with E-state index in [1.165, 1.54) is 5.56 Å². The molecule has 1 aromatic carbocycles. The van der Waals surface area contributed by atoms with Crippen LogP contribution >= 0.6 is 0 Å². The Morgan fingerprint density at radius 2 is 2.14 bits per heavy atom. The molecular formula is C16H19N3O2. The highest BCUT2D eigenvalue weighted by Crippen LogP contribution is 2.14. The number of ether oxygens (including phenoxy) is 1. The summed E-state index contributed by atoms with van der Waals surface area (Å²) in [7, 11) is 1.79. The van der Waals surface area contributed by atoms with Crippen molar-refractivity contribution in [2.75, 3.05) is 19.7 Å². The minimum Gasteiger partial charge on any atom is -0.374 e. The molecule has 0 N–H and O–H groups in total. The molecule has 1 fully saturated rings. The number of hydrogen-bond donors (Lipinski definition) is 0. The van der Waals surface area contributed by atoms with Gasteiger partial charge in [0, 0.05) is 32.8 Å². The van der Waals surface area contributed by atoms with E-state index < -0.39 is 0 Å². The Labute approximate surface area is 124 Å². The Kier molecular flexibility index (Phi) is 4.01. The molecule has 2 aromatic rings. The molecular weight excluding hydrogens is 266 g/mol. The fourth-order valence-corrected chi connectivity index (χ4v) is 2.65. The second-order valence-electron chi connectivity index (χ2n) is 5.27. The maximum Gasteiger partial charge on any atom is 0.272 e. The fraction of sp³-hybridized carbons (Fsp3) is 0.375. The largest absolute Gasteiger partial charge is 0.374 e. The summed E-state index contributed by atoms with van der Waals surface area (Å²) < 4.78 is 7.41. The van der Waals surface area contributed by atoms with E-state index in [2.05, 4.69) is 17.2 Å². The number of benzene rings is 1. The number of hydrogen-bond acceptors (Lipinski definition) is 3. The van der Waals surface area contributed by atoms with E-state index in [4.69, 9.17) is 4.74 Å². The molecule has 1 aliphatic rings. The predicted octanol–water partition coefficient (Wildman–Crippen LogP) is 1.50. The van der Waals surface area contributed by atoms with Gasteiger partial charge < -0.3 is 9.64 Å². The van der Waals surface area contributed by atoms with E-state index in [0.29, 0.717) is 25.4 Å². The van der Waals surface area contributed by atoms with Crippen molar-refractivity contribution in [3.05, 3.63) is 53.9 Å². The molecule has 0 spiro atoms. The smallest absolute Gasteiger partial charge is 0.272 e. The second-order valence-corrected chi connectivity index (χ2v) is 5.27. The molecule has 0 aliphatic carbocycles. The summed E-state index contributed by atoms with van der Waals surface area (Å²) in [5.41, 5.74) is 1.85. The maximum absolute atomic E-state index is 12.5. The van der Waals surface area contributed by atoms with E-state index in [1.54, 1.807) is 24.0 Å². The zero-order valence-corrected chi connectivity index (χ0v) is 12.1. The molecule has 1 saturated heterocycles. The highest BCUT2D eigenvalue weighted by molar-refractivity contribution is 5.92. The third-order valence-electron chi connectivity index (χ3n) is 3.77. The molecule has 2 heterocycles. The minimum absolute atomic E-state index is 0.0244. The van der Waals surface area contributed by atoms with Gasteiger partial charge in [0.1, 0.15) is 5.69 Å². The third-order valence-corrected chi connectivity index (χ3v) is 3.77. The average Bonchev–Trinajstić information content (AvgIpc) is 2.94. The lowest BCUT2D eigenvalue weighted by Gasteiger charge is -2.33. The van der Waals surface area contributed by atoms with Gasteiger partial charge in [0.2, 0.25) is 0 Å². The van der Waals surface area contributed by atoms with Crippen molar-refractivity contribution in [3.8, 4) is 0 Å². The number of nitrogens with zero attached hydrogens (tertiary/aromatic N) is 3. The Balaban J connectivity index is 1.66. The van der Waals surface area contributed by atoms with Crippen LogP contribution in [0.5, 0.6) is 0 Å². The van der Waals surface area contributed by atoms with Crippen molar-refractivity contribution in [3.63, 3.8) is 0 Å². The van der Waals surface area contributed by atoms with Crippen LogP contribution < -0.4 is 0 Å². The molecule has 1 aromatic heterocycles. The van der Waals surface area contributed by atoms with Gasteiger partial charge >= 0.3 is 0 Å². The summed E-state index contributed by atoms with van der Waals surface area (Å²) in [5, 5.41) is 4.06. The SMILES string of the molecule is Cn1nccc1C(=O)N1CCOC(Cc2ccccc2)C1. The Morgan fingerprint density at radius 1 is 1.33 bits per heavy atom. The number of aromatic nitrogens is 2. The highest BCUT2D eigenvalue weighted by atomic mass is 16.5. The van der Waals surface area contributed by atoms with Crippen LogP contribution in [0.25, 0.3) is 0 Å². The summed E-state index contributed by atoms with van der Waals surface area (Å²) in [6.07, 6.45) is 2.53. The molecule has 1 amide bonds. The summed E-state index contributed by atoms with van der Waals surface area (Å²) in [6.45, 7) is 1.84. The minimum atomic E-state index is 0.0244. The molecule has 1 aliphatic heterocycles. The quantitative estimate of drug-likeness (QED) is 0.858. The second kappa shape index (κ2) is 6.10. The van der Waals surface area contributed by atoms with Gasteiger partial charge in [-0.25, -0.2) is 0 Å². The first-order chi connectivity index (χ1) is 10.2. The molecule has 110 valence electrons. The van der Waals surface area contributed by atoms with Crippen LogP contribution in [0.3, 0.4) is 0 Å². The zero-order valence-electron chi connectivity index (χ0n) is 12.1. The third kappa shape index (κ3) is 3.13. The van der Waals surface area contributed by atoms with E-state index in [0.717, 1.165) is 6.42 Å². The van der Waals surface area contributed by atoms with Gasteiger partial charge in [0.15, 0.2) is 0 Å². The van der Waals surface area contributed by atoms with Crippen LogP contribution in [0.4, 0.5) is 0 Å². The van der Waals surface area contributed by atoms with Crippen LogP contribution in [0, 0.1) is 0 Å². The van der Waals surface area contributed by atoms with Crippen molar-refractivity contribution in [1.29, 1.82) is 0 Å². The van der Waals surface area contributed by atoms with Crippen LogP contribution in [-0.2, 0) is 18.2 Å². The first kappa shape index (κ1) is 13.8. The topological polar surface area (TPSA) is 47.4 Å². The van der Waals surface area contributed by atoms with Gasteiger partial charge in [-0.15, -0.1) is 0 Å². The predicted molar refractivity (Wildman–Crippen MR) is 79.0 cm³/mol. The zero-order chi connectivity index (χ0) is 14.7. The van der Waals surface area contributed by atoms with Crippen molar-refractivity contribution in [2.24, 2.45) is 7.05 Å². The molecule has 3 rings (SSSR count). The molecule has 1 atom stereocenters. The normalized spacial score (nSPS) is 18.7. The summed E-state index contributed by atoms with van der Waals surface area (Å²) in [6, 6.07) is 12.0. The molecule has 0 radical (unpaired) electrons. The Morgan fingerprint density at radius 3 is 2.86 bits per heavy atom. The van der Waals surface area contributed by atoms with Gasteiger partial charge in [-0.2, -0.15) is 5.10 Å². The number of carbonyl (C=O) groups excluding carboxylic acids is 1. The van der Waals surface area contributed by atoms with Crippen LogP contribution in [0.1, 0.15) is 16.1 Å². The summed E-state index contributed by atoms with van der Waals surface area (Å²) in [4.78, 5) is 14.3. The summed E-state index contributed by atoms with van der Waals surface area (Å²) >= 11 is 0. The van der Waals surface area contributed by atoms with Crippen LogP contribution in [0.15, 0.2) is 42.6 Å². The molecule has 21 heavy (non-hydrogen) atoms. The number of morpholine rings is 1. The van der Waals surface area contributed by atoms with Gasteiger partial charge in [0.05, 0.1) is 12.7 Å². The van der Waals surface area contributed by atoms with Crippen molar-refractivity contribution >= 4 is 5.91 Å². The lowest BCUT2D eigenvalue weighted by molar-refractivity contribution is -0.0211. The monoisotopic (exact) mass is 285 g/mol. The maximum atomic E-state index is 12.5. The highest BCUT2D eigenvalue weighted by Gasteiger charge is 2.26. The van der Waals surface area contributed by atoms with E-state index in [1.807, 2.05) is 23.1 Å². The van der Waals surface area contributed by atoms with E-state index in [-0.39, 0.29) is 12.0 Å². The van der Waals surface area contributed by atoms with Gasteiger partial charge in [-0.05, 0) is 11.6 Å². The van der Waals surface area contributed by atoms with E-state index in [9.17, 15) is 4.79 Å². The number of aryl methyl sites for hydroxylation is 1. The molecule has 0 saturated carbocycles. The van der Waals surface area contributed by atoms with Crippen LogP contribution in [-0.4, -0.2) is 46.4 Å². The Bertz CT molecular complexity index is 609. The first-order valence-electron chi connectivity index (χ1n) is 7.17. The van der Waals surface area contributed by atoms with Crippen molar-refractivity contribution < 1.29 is 9.53 Å². The number of amides is 1. The van der Waals surface area contributed by atoms with Gasteiger partial charge in [0.25, 0.3) is 5.91 Å². The first-order valence-corrected chi connectivity index (χ1v) is 7.17. The fourth-order valence-electron chi connectivity index (χ4n) is 2.65. The standard InChI is InChI=1S/C16H19N3O2/c1-18-15(7-8-17-18)16(20)19-9-10-21-14(12-19)11-13-5-3-2-4-6-13/h2-8,14H,9-12H2,1H3. The lowest BCUT2D eigenvalue weighted by Crippen LogP contribution is -2.46. The Hall–Kier alpha value is -2.14.